The molecule has 0 N–H and O–H groups in total. The average Bonchev–Trinajstić information content (AvgIpc) is 2.72. The van der Waals surface area contributed by atoms with Gasteiger partial charge in [-0.1, -0.05) is 6.07 Å². The van der Waals surface area contributed by atoms with E-state index in [4.69, 9.17) is 10.5 Å². The van der Waals surface area contributed by atoms with Crippen LogP contribution in [0.4, 0.5) is 0 Å². The van der Waals surface area contributed by atoms with E-state index in [0.717, 1.165) is 10.9 Å². The molecule has 1 aromatic heterocycles. The Bertz CT molecular complexity index is 608. The molecule has 0 atom stereocenters. The fourth-order valence-electron chi connectivity index (χ4n) is 1.38. The lowest BCUT2D eigenvalue weighted by molar-refractivity contribution is 1.51. The van der Waals surface area contributed by atoms with Gasteiger partial charge in [0, 0.05) is 10.8 Å². The Hall–Kier alpha value is -2.10. The number of nitriles is 2. The maximum atomic E-state index is 8.87. The predicted molar refractivity (Wildman–Crippen MR) is 61.0 cm³/mol. The highest BCUT2D eigenvalue weighted by Crippen LogP contribution is 2.24. The molecule has 0 spiro atoms. The Kier molecular flexibility index (Phi) is 2.49. The van der Waals surface area contributed by atoms with E-state index in [9.17, 15) is 0 Å². The second-order valence-corrected chi connectivity index (χ2v) is 3.92. The van der Waals surface area contributed by atoms with Gasteiger partial charge >= 0.3 is 0 Å². The molecular formula is C12H6N2S. The number of hydrogen-bond acceptors (Lipinski definition) is 3. The third-order valence-electron chi connectivity index (χ3n) is 2.09. The van der Waals surface area contributed by atoms with Crippen LogP contribution < -0.4 is 0 Å². The molecule has 0 radical (unpaired) electrons. The van der Waals surface area contributed by atoms with Gasteiger partial charge in [0.05, 0.1) is 11.6 Å². The standard InChI is InChI=1S/C12H6N2S/c13-5-3-11(8-14)9-1-2-12-10(7-9)4-6-15-12/h1-4,6-7H. The summed E-state index contributed by atoms with van der Waals surface area (Å²) in [6, 6.07) is 11.7. The highest BCUT2D eigenvalue weighted by atomic mass is 32.1. The van der Waals surface area contributed by atoms with Crippen molar-refractivity contribution >= 4 is 27.0 Å². The van der Waals surface area contributed by atoms with Gasteiger partial charge < -0.3 is 0 Å². The van der Waals surface area contributed by atoms with Gasteiger partial charge in [0.25, 0.3) is 0 Å². The lowest BCUT2D eigenvalue weighted by Crippen LogP contribution is -1.79. The Labute approximate surface area is 91.3 Å². The molecule has 2 aromatic rings. The third kappa shape index (κ3) is 1.74. The predicted octanol–water partition coefficient (Wildman–Crippen LogP) is 3.33. The van der Waals surface area contributed by atoms with E-state index >= 15 is 0 Å². The van der Waals surface area contributed by atoms with Crippen molar-refractivity contribution in [1.29, 1.82) is 10.5 Å². The van der Waals surface area contributed by atoms with Gasteiger partial charge in [0.1, 0.15) is 6.07 Å². The number of fused-ring (bicyclic) bond motifs is 1. The molecule has 2 nitrogen and oxygen atoms in total. The van der Waals surface area contributed by atoms with Crippen LogP contribution in [0.15, 0.2) is 35.7 Å². The van der Waals surface area contributed by atoms with E-state index in [1.807, 2.05) is 41.8 Å². The molecule has 0 fully saturated rings. The van der Waals surface area contributed by atoms with E-state index in [2.05, 4.69) is 0 Å². The number of hydrogen-bond donors (Lipinski definition) is 0. The highest BCUT2D eigenvalue weighted by Gasteiger charge is 2.02. The van der Waals surface area contributed by atoms with Gasteiger partial charge in [0.2, 0.25) is 0 Å². The smallest absolute Gasteiger partial charge is 0.101 e. The van der Waals surface area contributed by atoms with Crippen LogP contribution in [0.3, 0.4) is 0 Å². The van der Waals surface area contributed by atoms with Crippen LogP contribution in [0.5, 0.6) is 0 Å². The van der Waals surface area contributed by atoms with Crippen molar-refractivity contribution in [2.45, 2.75) is 0 Å². The van der Waals surface area contributed by atoms with Gasteiger partial charge in [0.15, 0.2) is 0 Å². The summed E-state index contributed by atoms with van der Waals surface area (Å²) < 4.78 is 1.19. The molecule has 1 aromatic carbocycles. The van der Waals surface area contributed by atoms with Crippen LogP contribution in [0.1, 0.15) is 5.56 Å². The van der Waals surface area contributed by atoms with Gasteiger partial charge in [-0.3, -0.25) is 0 Å². The average molecular weight is 210 g/mol. The molecule has 0 aliphatic heterocycles. The highest BCUT2D eigenvalue weighted by molar-refractivity contribution is 7.17. The lowest BCUT2D eigenvalue weighted by atomic mass is 10.1. The largest absolute Gasteiger partial charge is 0.193 e. The van der Waals surface area contributed by atoms with Crippen LogP contribution in [0.25, 0.3) is 15.7 Å². The maximum absolute atomic E-state index is 8.87. The zero-order chi connectivity index (χ0) is 10.7. The van der Waals surface area contributed by atoms with Crippen molar-refractivity contribution in [2.75, 3.05) is 0 Å². The summed E-state index contributed by atoms with van der Waals surface area (Å²) in [6.07, 6.45) is 1.27. The van der Waals surface area contributed by atoms with Gasteiger partial charge in [-0.25, -0.2) is 0 Å². The number of rotatable bonds is 1. The number of benzene rings is 1. The van der Waals surface area contributed by atoms with Gasteiger partial charge in [-0.05, 0) is 34.5 Å². The van der Waals surface area contributed by atoms with Crippen LogP contribution in [-0.2, 0) is 0 Å². The van der Waals surface area contributed by atoms with E-state index in [1.54, 1.807) is 11.3 Å². The molecule has 0 unspecified atom stereocenters. The second-order valence-electron chi connectivity index (χ2n) is 2.97. The maximum Gasteiger partial charge on any atom is 0.101 e. The van der Waals surface area contributed by atoms with Crippen LogP contribution in [-0.4, -0.2) is 0 Å². The van der Waals surface area contributed by atoms with Crippen molar-refractivity contribution in [1.82, 2.24) is 0 Å². The summed E-state index contributed by atoms with van der Waals surface area (Å²) in [5.41, 5.74) is 1.20. The first-order valence-corrected chi connectivity index (χ1v) is 5.20. The summed E-state index contributed by atoms with van der Waals surface area (Å²) in [5.74, 6) is 0. The van der Waals surface area contributed by atoms with Crippen molar-refractivity contribution in [3.05, 3.63) is 41.3 Å². The SMILES string of the molecule is N#CC=C(C#N)c1ccc2sccc2c1. The second kappa shape index (κ2) is 3.96. The molecule has 70 valence electrons. The Morgan fingerprint density at radius 3 is 2.87 bits per heavy atom. The quantitative estimate of drug-likeness (QED) is 0.678. The molecule has 0 bridgehead atoms. The van der Waals surface area contributed by atoms with Crippen molar-refractivity contribution in [2.24, 2.45) is 0 Å². The molecular weight excluding hydrogens is 204 g/mol. The molecule has 3 heteroatoms. The molecule has 15 heavy (non-hydrogen) atoms. The fourth-order valence-corrected chi connectivity index (χ4v) is 2.15. The third-order valence-corrected chi connectivity index (χ3v) is 2.99. The van der Waals surface area contributed by atoms with E-state index in [0.29, 0.717) is 5.57 Å². The first kappa shape index (κ1) is 9.45. The van der Waals surface area contributed by atoms with E-state index < -0.39 is 0 Å². The minimum atomic E-state index is 0.408. The monoisotopic (exact) mass is 210 g/mol. The Morgan fingerprint density at radius 2 is 2.13 bits per heavy atom. The van der Waals surface area contributed by atoms with Crippen LogP contribution >= 0.6 is 11.3 Å². The molecule has 0 saturated carbocycles. The van der Waals surface area contributed by atoms with Crippen LogP contribution in [0.2, 0.25) is 0 Å². The zero-order valence-electron chi connectivity index (χ0n) is 7.77. The van der Waals surface area contributed by atoms with Gasteiger partial charge in [-0.15, -0.1) is 11.3 Å². The van der Waals surface area contributed by atoms with Gasteiger partial charge in [-0.2, -0.15) is 10.5 Å². The topological polar surface area (TPSA) is 47.6 Å². The minimum absolute atomic E-state index is 0.408. The Balaban J connectivity index is 2.58. The summed E-state index contributed by atoms with van der Waals surface area (Å²) in [6.45, 7) is 0. The molecule has 2 rings (SSSR count). The number of thiophene rings is 1. The van der Waals surface area contributed by atoms with Crippen LogP contribution in [0, 0.1) is 22.7 Å². The van der Waals surface area contributed by atoms with E-state index in [-0.39, 0.29) is 0 Å². The number of nitrogens with zero attached hydrogens (tertiary/aromatic N) is 2. The van der Waals surface area contributed by atoms with Crippen molar-refractivity contribution in [3.63, 3.8) is 0 Å². The fraction of sp³-hybridized carbons (Fsp3) is 0. The van der Waals surface area contributed by atoms with E-state index in [1.165, 1.54) is 10.8 Å². The molecule has 0 aliphatic rings. The molecule has 0 saturated heterocycles. The molecule has 0 aliphatic carbocycles. The minimum Gasteiger partial charge on any atom is -0.193 e. The zero-order valence-corrected chi connectivity index (χ0v) is 8.58. The summed E-state index contributed by atoms with van der Waals surface area (Å²) >= 11 is 1.66. The number of allylic oxidation sites excluding steroid dienone is 2. The molecule has 1 heterocycles. The summed E-state index contributed by atoms with van der Waals surface area (Å²) in [4.78, 5) is 0. The summed E-state index contributed by atoms with van der Waals surface area (Å²) in [5, 5.41) is 20.5. The lowest BCUT2D eigenvalue weighted by Gasteiger charge is -1.97. The van der Waals surface area contributed by atoms with Crippen molar-refractivity contribution < 1.29 is 0 Å². The normalized spacial score (nSPS) is 10.9. The Morgan fingerprint density at radius 1 is 1.27 bits per heavy atom. The first-order valence-electron chi connectivity index (χ1n) is 4.32. The summed E-state index contributed by atoms with van der Waals surface area (Å²) in [7, 11) is 0. The molecule has 0 amide bonds. The van der Waals surface area contributed by atoms with Crippen molar-refractivity contribution in [3.8, 4) is 12.1 Å². The first-order chi connectivity index (χ1) is 7.35.